The lowest BCUT2D eigenvalue weighted by Crippen LogP contribution is -2.15. The SMILES string of the molecule is Cc1ccc2c(=O)c3sc4c(=O)c5cc(Cl)ccc5c(=O)c4c3c(=O)c2c1. The highest BCUT2D eigenvalue weighted by atomic mass is 35.5. The average molecular weight is 393 g/mol. The van der Waals surface area contributed by atoms with Crippen LogP contribution in [-0.4, -0.2) is 0 Å². The van der Waals surface area contributed by atoms with Crippen LogP contribution in [0.5, 0.6) is 0 Å². The van der Waals surface area contributed by atoms with Gasteiger partial charge in [-0.1, -0.05) is 23.2 Å². The first-order valence-corrected chi connectivity index (χ1v) is 9.33. The summed E-state index contributed by atoms with van der Waals surface area (Å²) in [6.07, 6.45) is 0. The van der Waals surface area contributed by atoms with E-state index >= 15 is 0 Å². The van der Waals surface area contributed by atoms with Gasteiger partial charge in [0.25, 0.3) is 0 Å². The van der Waals surface area contributed by atoms with E-state index in [0.717, 1.165) is 16.9 Å². The number of hydrogen-bond donors (Lipinski definition) is 0. The molecule has 6 heteroatoms. The molecule has 0 spiro atoms. The van der Waals surface area contributed by atoms with E-state index in [1.807, 2.05) is 6.92 Å². The first kappa shape index (κ1) is 16.3. The Hall–Kier alpha value is -2.89. The molecule has 0 aliphatic heterocycles. The van der Waals surface area contributed by atoms with E-state index in [-0.39, 0.29) is 52.6 Å². The van der Waals surface area contributed by atoms with Crippen LogP contribution in [0.1, 0.15) is 5.56 Å². The number of rotatable bonds is 0. The Morgan fingerprint density at radius 3 is 1.89 bits per heavy atom. The number of fused-ring (bicyclic) bond motifs is 5. The third-order valence-corrected chi connectivity index (χ3v) is 6.33. The zero-order valence-corrected chi connectivity index (χ0v) is 15.5. The second kappa shape index (κ2) is 5.31. The third kappa shape index (κ3) is 2.04. The van der Waals surface area contributed by atoms with Crippen LogP contribution in [0, 0.1) is 6.92 Å². The summed E-state index contributed by atoms with van der Waals surface area (Å²) in [4.78, 5) is 52.1. The van der Waals surface area contributed by atoms with Crippen molar-refractivity contribution in [3.05, 3.63) is 87.9 Å². The van der Waals surface area contributed by atoms with Crippen molar-refractivity contribution in [1.29, 1.82) is 0 Å². The van der Waals surface area contributed by atoms with Crippen LogP contribution < -0.4 is 21.7 Å². The van der Waals surface area contributed by atoms with Crippen molar-refractivity contribution in [2.24, 2.45) is 0 Å². The van der Waals surface area contributed by atoms with Crippen LogP contribution in [0.2, 0.25) is 5.02 Å². The van der Waals surface area contributed by atoms with Crippen molar-refractivity contribution in [3.63, 3.8) is 0 Å². The maximum Gasteiger partial charge on any atom is 0.204 e. The van der Waals surface area contributed by atoms with E-state index in [2.05, 4.69) is 0 Å². The second-order valence-electron chi connectivity index (χ2n) is 6.57. The fraction of sp³-hybridized carbons (Fsp3) is 0.0476. The molecule has 4 aromatic carbocycles. The van der Waals surface area contributed by atoms with Gasteiger partial charge in [0.1, 0.15) is 0 Å². The van der Waals surface area contributed by atoms with Crippen LogP contribution >= 0.6 is 22.9 Å². The van der Waals surface area contributed by atoms with E-state index in [0.29, 0.717) is 10.4 Å². The summed E-state index contributed by atoms with van der Waals surface area (Å²) in [5.74, 6) is 0. The minimum atomic E-state index is -0.425. The maximum absolute atomic E-state index is 13.1. The highest BCUT2D eigenvalue weighted by Gasteiger charge is 2.21. The molecule has 0 fully saturated rings. The van der Waals surface area contributed by atoms with Crippen LogP contribution in [0.15, 0.2) is 55.6 Å². The summed E-state index contributed by atoms with van der Waals surface area (Å²) in [5.41, 5.74) is -0.695. The van der Waals surface area contributed by atoms with Crippen LogP contribution in [0.3, 0.4) is 0 Å². The highest BCUT2D eigenvalue weighted by Crippen LogP contribution is 2.29. The summed E-state index contributed by atoms with van der Waals surface area (Å²) < 4.78 is 0.285. The zero-order valence-electron chi connectivity index (χ0n) is 13.9. The molecule has 1 aromatic heterocycles. The topological polar surface area (TPSA) is 68.3 Å². The number of aryl methyl sites for hydroxylation is 1. The fourth-order valence-corrected chi connectivity index (χ4v) is 5.02. The minimum Gasteiger partial charge on any atom is -0.289 e. The molecule has 130 valence electrons. The lowest BCUT2D eigenvalue weighted by atomic mass is 10.0. The molecule has 0 aliphatic carbocycles. The Kier molecular flexibility index (Phi) is 3.21. The summed E-state index contributed by atoms with van der Waals surface area (Å²) >= 11 is 6.89. The molecule has 0 saturated heterocycles. The quantitative estimate of drug-likeness (QED) is 0.403. The Balaban J connectivity index is 2.20. The molecule has 0 aliphatic rings. The van der Waals surface area contributed by atoms with Crippen molar-refractivity contribution < 1.29 is 0 Å². The normalized spacial score (nSPS) is 11.9. The number of thiophene rings is 1. The summed E-state index contributed by atoms with van der Waals surface area (Å²) in [5, 5.41) is 1.42. The van der Waals surface area contributed by atoms with Crippen molar-refractivity contribution >= 4 is 64.7 Å². The number of hydrogen-bond acceptors (Lipinski definition) is 5. The van der Waals surface area contributed by atoms with Crippen LogP contribution in [0.25, 0.3) is 41.7 Å². The monoisotopic (exact) mass is 392 g/mol. The van der Waals surface area contributed by atoms with Gasteiger partial charge in [-0.15, -0.1) is 11.3 Å². The molecule has 5 aromatic rings. The van der Waals surface area contributed by atoms with Gasteiger partial charge >= 0.3 is 0 Å². The Labute approximate surface area is 159 Å². The van der Waals surface area contributed by atoms with Gasteiger partial charge < -0.3 is 0 Å². The number of benzene rings is 4. The fourth-order valence-electron chi connectivity index (χ4n) is 3.64. The maximum atomic E-state index is 13.1. The molecule has 5 rings (SSSR count). The largest absolute Gasteiger partial charge is 0.289 e. The van der Waals surface area contributed by atoms with E-state index in [1.165, 1.54) is 18.2 Å². The molecular weight excluding hydrogens is 384 g/mol. The first-order chi connectivity index (χ1) is 12.9. The second-order valence-corrected chi connectivity index (χ2v) is 8.02. The van der Waals surface area contributed by atoms with Gasteiger partial charge in [0.05, 0.1) is 20.2 Å². The standard InChI is InChI=1S/C21H9ClO4S/c1-8-2-4-11-12(6-8)17(24)15-14-16(23)10-5-3-9(22)7-13(10)19(26)21(14)27-20(15)18(11)25/h2-7H,1H3. The van der Waals surface area contributed by atoms with E-state index in [4.69, 9.17) is 11.6 Å². The van der Waals surface area contributed by atoms with Crippen molar-refractivity contribution in [2.75, 3.05) is 0 Å². The summed E-state index contributed by atoms with van der Waals surface area (Å²) in [7, 11) is 0. The van der Waals surface area contributed by atoms with Gasteiger partial charge in [-0.25, -0.2) is 0 Å². The molecule has 0 amide bonds. The van der Waals surface area contributed by atoms with E-state index in [9.17, 15) is 19.2 Å². The van der Waals surface area contributed by atoms with Gasteiger partial charge in [-0.2, -0.15) is 0 Å². The van der Waals surface area contributed by atoms with Gasteiger partial charge in [-0.3, -0.25) is 19.2 Å². The molecule has 1 heterocycles. The molecule has 4 nitrogen and oxygen atoms in total. The molecule has 0 radical (unpaired) electrons. The molecule has 0 atom stereocenters. The van der Waals surface area contributed by atoms with Gasteiger partial charge in [0, 0.05) is 26.6 Å². The molecule has 0 saturated carbocycles. The van der Waals surface area contributed by atoms with E-state index in [1.54, 1.807) is 18.2 Å². The Bertz CT molecular complexity index is 1670. The van der Waals surface area contributed by atoms with Crippen molar-refractivity contribution in [2.45, 2.75) is 6.92 Å². The van der Waals surface area contributed by atoms with Crippen LogP contribution in [-0.2, 0) is 0 Å². The molecule has 0 bridgehead atoms. The van der Waals surface area contributed by atoms with Crippen molar-refractivity contribution in [1.82, 2.24) is 0 Å². The Morgan fingerprint density at radius 1 is 0.667 bits per heavy atom. The van der Waals surface area contributed by atoms with Crippen molar-refractivity contribution in [3.8, 4) is 0 Å². The van der Waals surface area contributed by atoms with E-state index < -0.39 is 5.43 Å². The lowest BCUT2D eigenvalue weighted by Gasteiger charge is -2.00. The summed E-state index contributed by atoms with van der Waals surface area (Å²) in [6.45, 7) is 1.82. The first-order valence-electron chi connectivity index (χ1n) is 8.14. The lowest BCUT2D eigenvalue weighted by molar-refractivity contribution is 1.50. The van der Waals surface area contributed by atoms with Crippen LogP contribution in [0.4, 0.5) is 0 Å². The predicted molar refractivity (Wildman–Crippen MR) is 112 cm³/mol. The smallest absolute Gasteiger partial charge is 0.204 e. The number of halogens is 1. The minimum absolute atomic E-state index is 0.0420. The van der Waals surface area contributed by atoms with Gasteiger partial charge in [0.15, 0.2) is 10.9 Å². The average Bonchev–Trinajstić information content (AvgIpc) is 3.05. The highest BCUT2D eigenvalue weighted by molar-refractivity contribution is 7.25. The summed E-state index contributed by atoms with van der Waals surface area (Å²) in [6, 6.07) is 9.48. The van der Waals surface area contributed by atoms with Gasteiger partial charge in [0.2, 0.25) is 10.9 Å². The molecular formula is C21H9ClO4S. The molecule has 27 heavy (non-hydrogen) atoms. The van der Waals surface area contributed by atoms with Gasteiger partial charge in [-0.05, 0) is 37.3 Å². The Morgan fingerprint density at radius 2 is 1.19 bits per heavy atom. The predicted octanol–water partition coefficient (Wildman–Crippen LogP) is 3.64. The third-order valence-electron chi connectivity index (χ3n) is 4.91. The molecule has 0 unspecified atom stereocenters. The molecule has 0 N–H and O–H groups in total. The zero-order chi connectivity index (χ0) is 19.0.